The molecule has 0 radical (unpaired) electrons. The van der Waals surface area contributed by atoms with E-state index in [1.807, 2.05) is 0 Å². The van der Waals surface area contributed by atoms with Gasteiger partial charge in [-0.15, -0.1) is 0 Å². The van der Waals surface area contributed by atoms with Crippen molar-refractivity contribution in [2.75, 3.05) is 0 Å². The molecule has 3 aromatic rings. The molecule has 3 aromatic carbocycles. The van der Waals surface area contributed by atoms with Gasteiger partial charge in [-0.1, -0.05) is 105 Å². The van der Waals surface area contributed by atoms with Crippen LogP contribution in [0, 0.1) is 5.92 Å². The first-order chi connectivity index (χ1) is 13.3. The molecule has 0 bridgehead atoms. The highest BCUT2D eigenvalue weighted by Crippen LogP contribution is 2.34. The summed E-state index contributed by atoms with van der Waals surface area (Å²) >= 11 is 0. The molecule has 2 atom stereocenters. The maximum Gasteiger partial charge on any atom is -0.0130 e. The molecule has 0 saturated carbocycles. The Balaban J connectivity index is 1.77. The standard InChI is InChI=1S/C27H32/c1-3-22(2)26(21-19-24-14-8-5-9-15-24)27-17-11-10-16-25(27)20-18-23-12-6-4-7-13-23/h4-17,22,26H,3,18-21H2,1-2H3. The van der Waals surface area contributed by atoms with Gasteiger partial charge in [-0.2, -0.15) is 0 Å². The van der Waals surface area contributed by atoms with Crippen LogP contribution in [-0.4, -0.2) is 0 Å². The highest BCUT2D eigenvalue weighted by atomic mass is 14.2. The van der Waals surface area contributed by atoms with E-state index < -0.39 is 0 Å². The summed E-state index contributed by atoms with van der Waals surface area (Å²) in [4.78, 5) is 0. The third-order valence-corrected chi connectivity index (χ3v) is 5.90. The van der Waals surface area contributed by atoms with Gasteiger partial charge in [-0.05, 0) is 59.8 Å². The minimum Gasteiger partial charge on any atom is -0.0651 e. The summed E-state index contributed by atoms with van der Waals surface area (Å²) in [6.45, 7) is 4.75. The van der Waals surface area contributed by atoms with E-state index in [2.05, 4.69) is 98.8 Å². The van der Waals surface area contributed by atoms with Crippen molar-refractivity contribution >= 4 is 0 Å². The molecule has 0 N–H and O–H groups in total. The maximum absolute atomic E-state index is 2.42. The Hall–Kier alpha value is -2.34. The van der Waals surface area contributed by atoms with E-state index in [0.29, 0.717) is 11.8 Å². The molecule has 0 aliphatic heterocycles. The Morgan fingerprint density at radius 2 is 1.19 bits per heavy atom. The van der Waals surface area contributed by atoms with E-state index in [1.165, 1.54) is 29.5 Å². The zero-order valence-corrected chi connectivity index (χ0v) is 16.8. The lowest BCUT2D eigenvalue weighted by molar-refractivity contribution is 0.420. The van der Waals surface area contributed by atoms with Crippen LogP contribution in [-0.2, 0) is 19.3 Å². The van der Waals surface area contributed by atoms with Crippen molar-refractivity contribution in [3.8, 4) is 0 Å². The zero-order valence-electron chi connectivity index (χ0n) is 16.8. The summed E-state index contributed by atoms with van der Waals surface area (Å²) in [5.41, 5.74) is 5.97. The van der Waals surface area contributed by atoms with Crippen molar-refractivity contribution in [3.63, 3.8) is 0 Å². The average molecular weight is 357 g/mol. The summed E-state index contributed by atoms with van der Waals surface area (Å²) in [7, 11) is 0. The first-order valence-corrected chi connectivity index (χ1v) is 10.4. The molecule has 0 heteroatoms. The zero-order chi connectivity index (χ0) is 18.9. The smallest absolute Gasteiger partial charge is 0.0130 e. The van der Waals surface area contributed by atoms with Crippen molar-refractivity contribution in [2.24, 2.45) is 5.92 Å². The monoisotopic (exact) mass is 356 g/mol. The Morgan fingerprint density at radius 1 is 0.630 bits per heavy atom. The van der Waals surface area contributed by atoms with Gasteiger partial charge in [0, 0.05) is 0 Å². The van der Waals surface area contributed by atoms with Gasteiger partial charge in [-0.3, -0.25) is 0 Å². The molecular formula is C27H32. The summed E-state index contributed by atoms with van der Waals surface area (Å²) in [5.74, 6) is 1.33. The fourth-order valence-electron chi connectivity index (χ4n) is 4.05. The third kappa shape index (κ3) is 5.57. The second kappa shape index (κ2) is 10.1. The van der Waals surface area contributed by atoms with Gasteiger partial charge >= 0.3 is 0 Å². The molecule has 0 aromatic heterocycles. The van der Waals surface area contributed by atoms with Crippen LogP contribution in [0.2, 0.25) is 0 Å². The summed E-state index contributed by atoms with van der Waals surface area (Å²) < 4.78 is 0. The molecule has 0 nitrogen and oxygen atoms in total. The van der Waals surface area contributed by atoms with Gasteiger partial charge in [0.15, 0.2) is 0 Å². The first kappa shape index (κ1) is 19.4. The van der Waals surface area contributed by atoms with Gasteiger partial charge in [0.25, 0.3) is 0 Å². The van der Waals surface area contributed by atoms with Crippen LogP contribution in [0.15, 0.2) is 84.9 Å². The predicted octanol–water partition coefficient (Wildman–Crippen LogP) is 7.23. The fourth-order valence-corrected chi connectivity index (χ4v) is 4.05. The van der Waals surface area contributed by atoms with Gasteiger partial charge < -0.3 is 0 Å². The minimum atomic E-state index is 0.627. The molecule has 140 valence electrons. The predicted molar refractivity (Wildman–Crippen MR) is 117 cm³/mol. The summed E-state index contributed by atoms with van der Waals surface area (Å²) in [5, 5.41) is 0. The fraction of sp³-hybridized carbons (Fsp3) is 0.333. The maximum atomic E-state index is 2.42. The average Bonchev–Trinajstić information content (AvgIpc) is 2.74. The first-order valence-electron chi connectivity index (χ1n) is 10.4. The third-order valence-electron chi connectivity index (χ3n) is 5.90. The Kier molecular flexibility index (Phi) is 7.27. The van der Waals surface area contributed by atoms with Crippen LogP contribution >= 0.6 is 0 Å². The SMILES string of the molecule is CCC(C)C(CCc1ccccc1)c1ccccc1CCc1ccccc1. The van der Waals surface area contributed by atoms with Crippen molar-refractivity contribution < 1.29 is 0 Å². The van der Waals surface area contributed by atoms with Gasteiger partial charge in [0.1, 0.15) is 0 Å². The largest absolute Gasteiger partial charge is 0.0651 e. The lowest BCUT2D eigenvalue weighted by atomic mass is 9.79. The number of rotatable bonds is 9. The van der Waals surface area contributed by atoms with Crippen molar-refractivity contribution in [3.05, 3.63) is 107 Å². The Bertz CT molecular complexity index is 789. The van der Waals surface area contributed by atoms with Gasteiger partial charge in [0.05, 0.1) is 0 Å². The Labute approximate surface area is 165 Å². The van der Waals surface area contributed by atoms with Crippen LogP contribution in [0.3, 0.4) is 0 Å². The lowest BCUT2D eigenvalue weighted by Crippen LogP contribution is -2.13. The van der Waals surface area contributed by atoms with E-state index in [-0.39, 0.29) is 0 Å². The normalized spacial score (nSPS) is 13.3. The van der Waals surface area contributed by atoms with Crippen LogP contribution < -0.4 is 0 Å². The molecular weight excluding hydrogens is 324 g/mol. The van der Waals surface area contributed by atoms with Crippen LogP contribution in [0.1, 0.15) is 54.9 Å². The van der Waals surface area contributed by atoms with E-state index >= 15 is 0 Å². The molecule has 0 spiro atoms. The van der Waals surface area contributed by atoms with E-state index in [0.717, 1.165) is 19.3 Å². The topological polar surface area (TPSA) is 0 Å². The number of aryl methyl sites for hydroxylation is 3. The van der Waals surface area contributed by atoms with E-state index in [9.17, 15) is 0 Å². The molecule has 0 heterocycles. The van der Waals surface area contributed by atoms with Crippen molar-refractivity contribution in [1.82, 2.24) is 0 Å². The molecule has 2 unspecified atom stereocenters. The number of benzene rings is 3. The molecule has 0 saturated heterocycles. The Morgan fingerprint density at radius 3 is 1.81 bits per heavy atom. The molecule has 0 fully saturated rings. The highest BCUT2D eigenvalue weighted by molar-refractivity contribution is 5.32. The van der Waals surface area contributed by atoms with Crippen LogP contribution in [0.5, 0.6) is 0 Å². The van der Waals surface area contributed by atoms with E-state index in [4.69, 9.17) is 0 Å². The molecule has 3 rings (SSSR count). The van der Waals surface area contributed by atoms with Gasteiger partial charge in [0.2, 0.25) is 0 Å². The second-order valence-electron chi connectivity index (χ2n) is 7.70. The molecule has 0 aliphatic rings. The van der Waals surface area contributed by atoms with Gasteiger partial charge in [-0.25, -0.2) is 0 Å². The van der Waals surface area contributed by atoms with E-state index in [1.54, 1.807) is 5.56 Å². The quantitative estimate of drug-likeness (QED) is 0.379. The van der Waals surface area contributed by atoms with Crippen LogP contribution in [0.4, 0.5) is 0 Å². The van der Waals surface area contributed by atoms with Crippen molar-refractivity contribution in [2.45, 2.75) is 51.9 Å². The second-order valence-corrected chi connectivity index (χ2v) is 7.70. The lowest BCUT2D eigenvalue weighted by Gasteiger charge is -2.26. The summed E-state index contributed by atoms with van der Waals surface area (Å²) in [6, 6.07) is 30.9. The molecule has 27 heavy (non-hydrogen) atoms. The van der Waals surface area contributed by atoms with Crippen molar-refractivity contribution in [1.29, 1.82) is 0 Å². The summed E-state index contributed by atoms with van der Waals surface area (Å²) in [6.07, 6.45) is 5.85. The number of hydrogen-bond acceptors (Lipinski definition) is 0. The minimum absolute atomic E-state index is 0.627. The molecule has 0 aliphatic carbocycles. The number of hydrogen-bond donors (Lipinski definition) is 0. The molecule has 0 amide bonds. The highest BCUT2D eigenvalue weighted by Gasteiger charge is 2.20. The van der Waals surface area contributed by atoms with Crippen LogP contribution in [0.25, 0.3) is 0 Å².